The molecule has 0 fully saturated rings. The minimum atomic E-state index is 0.424. The molecule has 0 bridgehead atoms. The first-order chi connectivity index (χ1) is 18.2. The first-order valence-electron chi connectivity index (χ1n) is 13.5. The van der Waals surface area contributed by atoms with Crippen LogP contribution >= 0.6 is 0 Å². The van der Waals surface area contributed by atoms with Crippen molar-refractivity contribution < 1.29 is 4.42 Å². The average molecular weight is 503 g/mol. The van der Waals surface area contributed by atoms with Gasteiger partial charge in [0.25, 0.3) is 0 Å². The van der Waals surface area contributed by atoms with E-state index in [4.69, 9.17) is 9.40 Å². The van der Waals surface area contributed by atoms with Crippen LogP contribution in [0.3, 0.4) is 0 Å². The Kier molecular flexibility index (Phi) is 5.82. The summed E-state index contributed by atoms with van der Waals surface area (Å²) in [5.41, 5.74) is 11.8. The Morgan fingerprint density at radius 2 is 1.58 bits per heavy atom. The van der Waals surface area contributed by atoms with Crippen LogP contribution in [0.5, 0.6) is 0 Å². The van der Waals surface area contributed by atoms with Crippen molar-refractivity contribution in [3.8, 4) is 11.4 Å². The Hall–Kier alpha value is -3.99. The van der Waals surface area contributed by atoms with Crippen LogP contribution in [0.2, 0.25) is 0 Å². The van der Waals surface area contributed by atoms with Gasteiger partial charge >= 0.3 is 0 Å². The molecule has 0 amide bonds. The van der Waals surface area contributed by atoms with E-state index in [2.05, 4.69) is 97.7 Å². The van der Waals surface area contributed by atoms with Crippen LogP contribution in [0, 0.1) is 20.8 Å². The zero-order valence-corrected chi connectivity index (χ0v) is 23.3. The van der Waals surface area contributed by atoms with Crippen LogP contribution in [0.25, 0.3) is 44.5 Å². The Morgan fingerprint density at radius 3 is 2.29 bits per heavy atom. The molecule has 4 aromatic heterocycles. The molecule has 0 atom stereocenters. The lowest BCUT2D eigenvalue weighted by Gasteiger charge is -2.21. The molecule has 0 saturated carbocycles. The van der Waals surface area contributed by atoms with E-state index in [1.54, 1.807) is 0 Å². The van der Waals surface area contributed by atoms with Gasteiger partial charge in [-0.05, 0) is 79.1 Å². The molecule has 38 heavy (non-hydrogen) atoms. The van der Waals surface area contributed by atoms with E-state index < -0.39 is 0 Å². The van der Waals surface area contributed by atoms with E-state index in [1.165, 1.54) is 22.3 Å². The minimum Gasteiger partial charge on any atom is -0.438 e. The summed E-state index contributed by atoms with van der Waals surface area (Å²) in [7, 11) is 0. The first kappa shape index (κ1) is 24.4. The highest BCUT2D eigenvalue weighted by molar-refractivity contribution is 6.06. The molecule has 0 radical (unpaired) electrons. The monoisotopic (exact) mass is 502 g/mol. The fourth-order valence-electron chi connectivity index (χ4n) is 5.81. The standard InChI is InChI=1S/C33H34N4O/c1-18(2)24-9-8-10-25(19(3)4)27(24)17-37-29-16-34-21(6)14-28(29)36-32(37)23-11-12-26-30(15-23)38-33-31(26)20(5)13-22(7)35-33/h8-16,18-19H,17H2,1-7H3. The van der Waals surface area contributed by atoms with Gasteiger partial charge in [-0.2, -0.15) is 0 Å². The van der Waals surface area contributed by atoms with Crippen molar-refractivity contribution in [1.82, 2.24) is 19.5 Å². The molecule has 0 N–H and O–H groups in total. The predicted molar refractivity (Wildman–Crippen MR) is 156 cm³/mol. The van der Waals surface area contributed by atoms with Gasteiger partial charge in [0.15, 0.2) is 0 Å². The summed E-state index contributed by atoms with van der Waals surface area (Å²) >= 11 is 0. The van der Waals surface area contributed by atoms with Crippen molar-refractivity contribution in [2.45, 2.75) is 66.8 Å². The van der Waals surface area contributed by atoms with E-state index in [1.807, 2.05) is 20.0 Å². The maximum absolute atomic E-state index is 6.27. The number of furan rings is 1. The fraction of sp³-hybridized carbons (Fsp3) is 0.303. The Labute approximate surface area is 223 Å². The van der Waals surface area contributed by atoms with Crippen molar-refractivity contribution >= 4 is 33.1 Å². The highest BCUT2D eigenvalue weighted by Crippen LogP contribution is 2.36. The first-order valence-corrected chi connectivity index (χ1v) is 13.5. The van der Waals surface area contributed by atoms with Crippen molar-refractivity contribution in [3.63, 3.8) is 0 Å². The normalized spacial score (nSPS) is 12.1. The average Bonchev–Trinajstić information content (AvgIpc) is 3.40. The van der Waals surface area contributed by atoms with E-state index in [9.17, 15) is 0 Å². The zero-order chi connectivity index (χ0) is 26.7. The molecule has 5 nitrogen and oxygen atoms in total. The molecule has 0 aliphatic rings. The van der Waals surface area contributed by atoms with Gasteiger partial charge in [-0.15, -0.1) is 0 Å². The summed E-state index contributed by atoms with van der Waals surface area (Å²) < 4.78 is 8.59. The van der Waals surface area contributed by atoms with Gasteiger partial charge in [-0.3, -0.25) is 4.98 Å². The second-order valence-electron chi connectivity index (χ2n) is 11.1. The van der Waals surface area contributed by atoms with Gasteiger partial charge in [0.2, 0.25) is 5.71 Å². The topological polar surface area (TPSA) is 56.7 Å². The van der Waals surface area contributed by atoms with E-state index in [0.717, 1.165) is 56.7 Å². The van der Waals surface area contributed by atoms with Gasteiger partial charge in [-0.1, -0.05) is 52.0 Å². The van der Waals surface area contributed by atoms with Crippen LogP contribution in [-0.2, 0) is 6.54 Å². The number of rotatable bonds is 5. The van der Waals surface area contributed by atoms with E-state index >= 15 is 0 Å². The second kappa shape index (κ2) is 9.09. The highest BCUT2D eigenvalue weighted by Gasteiger charge is 2.20. The minimum absolute atomic E-state index is 0.424. The Morgan fingerprint density at radius 1 is 0.842 bits per heavy atom. The summed E-state index contributed by atoms with van der Waals surface area (Å²) in [6.07, 6.45) is 1.96. The van der Waals surface area contributed by atoms with Crippen molar-refractivity contribution in [2.75, 3.05) is 0 Å². The smallest absolute Gasteiger partial charge is 0.227 e. The summed E-state index contributed by atoms with van der Waals surface area (Å²) in [4.78, 5) is 14.4. The van der Waals surface area contributed by atoms with Crippen LogP contribution in [0.1, 0.15) is 73.2 Å². The molecule has 2 aromatic carbocycles. The summed E-state index contributed by atoms with van der Waals surface area (Å²) in [5, 5.41) is 2.17. The maximum atomic E-state index is 6.27. The summed E-state index contributed by atoms with van der Waals surface area (Å²) in [5.74, 6) is 1.77. The molecule has 192 valence electrons. The van der Waals surface area contributed by atoms with Crippen LogP contribution < -0.4 is 0 Å². The quantitative estimate of drug-likeness (QED) is 0.237. The van der Waals surface area contributed by atoms with Gasteiger partial charge < -0.3 is 8.98 Å². The molecule has 6 aromatic rings. The molecule has 4 heterocycles. The second-order valence-corrected chi connectivity index (χ2v) is 11.1. The Bertz CT molecular complexity index is 1810. The predicted octanol–water partition coefficient (Wildman–Crippen LogP) is 8.61. The number of imidazole rings is 1. The third-order valence-corrected chi connectivity index (χ3v) is 7.61. The number of aryl methyl sites for hydroxylation is 3. The maximum Gasteiger partial charge on any atom is 0.227 e. The third kappa shape index (κ3) is 3.97. The largest absolute Gasteiger partial charge is 0.438 e. The number of benzene rings is 2. The summed E-state index contributed by atoms with van der Waals surface area (Å²) in [6.45, 7) is 16.0. The highest BCUT2D eigenvalue weighted by atomic mass is 16.3. The SMILES string of the molecule is Cc1cc2nc(-c3ccc4c(c3)oc3nc(C)cc(C)c34)n(Cc3c(C(C)C)cccc3C(C)C)c2cn1. The molecule has 0 aliphatic carbocycles. The van der Waals surface area contributed by atoms with E-state index in [0.29, 0.717) is 17.5 Å². The molecular weight excluding hydrogens is 468 g/mol. The van der Waals surface area contributed by atoms with Crippen LogP contribution in [-0.4, -0.2) is 19.5 Å². The zero-order valence-electron chi connectivity index (χ0n) is 23.3. The number of hydrogen-bond donors (Lipinski definition) is 0. The van der Waals surface area contributed by atoms with Crippen molar-refractivity contribution in [3.05, 3.63) is 88.4 Å². The van der Waals surface area contributed by atoms with Gasteiger partial charge in [0.05, 0.1) is 29.2 Å². The van der Waals surface area contributed by atoms with Crippen molar-refractivity contribution in [2.24, 2.45) is 0 Å². The molecule has 5 heteroatoms. The molecule has 0 aliphatic heterocycles. The summed E-state index contributed by atoms with van der Waals surface area (Å²) in [6, 6.07) is 17.3. The van der Waals surface area contributed by atoms with Gasteiger partial charge in [-0.25, -0.2) is 9.97 Å². The Balaban J connectivity index is 1.58. The molecule has 0 unspecified atom stereocenters. The number of hydrogen-bond acceptors (Lipinski definition) is 4. The molecule has 0 saturated heterocycles. The van der Waals surface area contributed by atoms with Crippen LogP contribution in [0.4, 0.5) is 0 Å². The lowest BCUT2D eigenvalue weighted by atomic mass is 9.88. The van der Waals surface area contributed by atoms with E-state index in [-0.39, 0.29) is 0 Å². The number of pyridine rings is 2. The number of nitrogens with zero attached hydrogens (tertiary/aromatic N) is 4. The van der Waals surface area contributed by atoms with Gasteiger partial charge in [0.1, 0.15) is 11.4 Å². The van der Waals surface area contributed by atoms with Crippen molar-refractivity contribution in [1.29, 1.82) is 0 Å². The fourth-order valence-corrected chi connectivity index (χ4v) is 5.81. The van der Waals surface area contributed by atoms with Gasteiger partial charge in [0, 0.05) is 22.3 Å². The molecular formula is C33H34N4O. The lowest BCUT2D eigenvalue weighted by molar-refractivity contribution is 0.652. The molecule has 6 rings (SSSR count). The lowest BCUT2D eigenvalue weighted by Crippen LogP contribution is -2.10. The number of fused-ring (bicyclic) bond motifs is 4. The number of aromatic nitrogens is 4. The van der Waals surface area contributed by atoms with Crippen LogP contribution in [0.15, 0.2) is 59.1 Å². The molecule has 0 spiro atoms. The third-order valence-electron chi connectivity index (χ3n) is 7.61.